The van der Waals surface area contributed by atoms with E-state index < -0.39 is 0 Å². The third-order valence-electron chi connectivity index (χ3n) is 3.44. The summed E-state index contributed by atoms with van der Waals surface area (Å²) in [6.45, 7) is 2.91. The number of aromatic nitrogens is 1. The Bertz CT molecular complexity index is 470. The molecule has 1 heterocycles. The third-order valence-corrected chi connectivity index (χ3v) is 5.62. The first-order valence-corrected chi connectivity index (χ1v) is 8.30. The van der Waals surface area contributed by atoms with Crippen molar-refractivity contribution < 1.29 is 0 Å². The molecule has 1 aliphatic carbocycles. The molecule has 1 fully saturated rings. The Morgan fingerprint density at radius 2 is 2.53 bits per heavy atom. The highest BCUT2D eigenvalue weighted by Gasteiger charge is 2.36. The Labute approximate surface area is 127 Å². The van der Waals surface area contributed by atoms with Crippen LogP contribution in [0.4, 0.5) is 0 Å². The topological polar surface area (TPSA) is 48.7 Å². The number of nitrogens with zero attached hydrogens (tertiary/aromatic N) is 2. The fourth-order valence-corrected chi connectivity index (χ4v) is 4.39. The molecule has 2 unspecified atom stereocenters. The maximum atomic E-state index is 9.46. The summed E-state index contributed by atoms with van der Waals surface area (Å²) >= 11 is 5.32. The molecule has 0 bridgehead atoms. The van der Waals surface area contributed by atoms with Gasteiger partial charge in [0.15, 0.2) is 0 Å². The quantitative estimate of drug-likeness (QED) is 0.907. The van der Waals surface area contributed by atoms with Crippen LogP contribution in [0.25, 0.3) is 0 Å². The Balaban J connectivity index is 2.06. The fraction of sp³-hybridized carbons (Fsp3) is 0.571. The largest absolute Gasteiger partial charge is 0.300 e. The number of hydrogen-bond donors (Lipinski definition) is 1. The molecule has 1 N–H and O–H groups in total. The predicted octanol–water partition coefficient (Wildman–Crippen LogP) is 3.75. The van der Waals surface area contributed by atoms with Gasteiger partial charge in [0.2, 0.25) is 0 Å². The molecule has 2 rings (SSSR count). The highest BCUT2D eigenvalue weighted by molar-refractivity contribution is 9.10. The van der Waals surface area contributed by atoms with Gasteiger partial charge in [-0.1, -0.05) is 6.92 Å². The maximum Gasteiger partial charge on any atom is 0.110 e. The number of halogens is 1. The maximum absolute atomic E-state index is 9.46. The summed E-state index contributed by atoms with van der Waals surface area (Å²) in [6.07, 6.45) is 5.92. The van der Waals surface area contributed by atoms with E-state index in [2.05, 4.69) is 39.2 Å². The number of hydrogen-bond acceptors (Lipinski definition) is 4. The van der Waals surface area contributed by atoms with Crippen molar-refractivity contribution in [2.45, 2.75) is 48.4 Å². The van der Waals surface area contributed by atoms with Crippen LogP contribution in [0.15, 0.2) is 27.8 Å². The summed E-state index contributed by atoms with van der Waals surface area (Å²) in [6, 6.07) is 6.43. The molecule has 0 aliphatic heterocycles. The van der Waals surface area contributed by atoms with E-state index in [1.807, 2.05) is 18.3 Å². The molecule has 5 heteroatoms. The van der Waals surface area contributed by atoms with Crippen LogP contribution in [0.5, 0.6) is 0 Å². The SMILES string of the molecule is CCNC1(C#N)CCCC(Sc2ncccc2Br)C1. The summed E-state index contributed by atoms with van der Waals surface area (Å²) in [7, 11) is 0. The van der Waals surface area contributed by atoms with Gasteiger partial charge in [0.1, 0.15) is 10.6 Å². The Morgan fingerprint density at radius 3 is 3.21 bits per heavy atom. The van der Waals surface area contributed by atoms with E-state index in [0.717, 1.165) is 41.7 Å². The number of nitriles is 1. The predicted molar refractivity (Wildman–Crippen MR) is 82.1 cm³/mol. The lowest BCUT2D eigenvalue weighted by Crippen LogP contribution is -2.48. The van der Waals surface area contributed by atoms with Crippen LogP contribution in [0.3, 0.4) is 0 Å². The van der Waals surface area contributed by atoms with Gasteiger partial charge in [0.25, 0.3) is 0 Å². The summed E-state index contributed by atoms with van der Waals surface area (Å²) in [5.74, 6) is 0. The van der Waals surface area contributed by atoms with Crippen molar-refractivity contribution in [3.8, 4) is 6.07 Å². The Morgan fingerprint density at radius 1 is 1.68 bits per heavy atom. The molecule has 1 aliphatic rings. The smallest absolute Gasteiger partial charge is 0.110 e. The van der Waals surface area contributed by atoms with E-state index in [1.54, 1.807) is 11.8 Å². The molecule has 2 atom stereocenters. The van der Waals surface area contributed by atoms with Crippen molar-refractivity contribution in [3.05, 3.63) is 22.8 Å². The van der Waals surface area contributed by atoms with E-state index in [4.69, 9.17) is 0 Å². The lowest BCUT2D eigenvalue weighted by atomic mass is 9.82. The van der Waals surface area contributed by atoms with E-state index in [-0.39, 0.29) is 5.54 Å². The number of thioether (sulfide) groups is 1. The van der Waals surface area contributed by atoms with Crippen LogP contribution >= 0.6 is 27.7 Å². The average Bonchev–Trinajstić information content (AvgIpc) is 2.42. The molecular formula is C14H18BrN3S. The van der Waals surface area contributed by atoms with Crippen molar-refractivity contribution in [2.24, 2.45) is 0 Å². The van der Waals surface area contributed by atoms with Gasteiger partial charge >= 0.3 is 0 Å². The van der Waals surface area contributed by atoms with Crippen molar-refractivity contribution in [2.75, 3.05) is 6.54 Å². The first kappa shape index (κ1) is 14.8. The Kier molecular flexibility index (Phi) is 5.26. The molecule has 3 nitrogen and oxygen atoms in total. The number of nitrogens with one attached hydrogen (secondary N) is 1. The molecule has 0 radical (unpaired) electrons. The first-order chi connectivity index (χ1) is 9.19. The zero-order chi connectivity index (χ0) is 13.7. The highest BCUT2D eigenvalue weighted by Crippen LogP contribution is 2.39. The van der Waals surface area contributed by atoms with Gasteiger partial charge in [-0.2, -0.15) is 5.26 Å². The monoisotopic (exact) mass is 339 g/mol. The highest BCUT2D eigenvalue weighted by atomic mass is 79.9. The normalized spacial score (nSPS) is 26.9. The van der Waals surface area contributed by atoms with Gasteiger partial charge in [-0.3, -0.25) is 5.32 Å². The van der Waals surface area contributed by atoms with Gasteiger partial charge in [0.05, 0.1) is 6.07 Å². The number of pyridine rings is 1. The van der Waals surface area contributed by atoms with Crippen LogP contribution in [0.2, 0.25) is 0 Å². The second kappa shape index (κ2) is 6.74. The molecule has 0 aromatic carbocycles. The first-order valence-electron chi connectivity index (χ1n) is 6.62. The van der Waals surface area contributed by atoms with E-state index in [1.165, 1.54) is 0 Å². The second-order valence-corrected chi connectivity index (χ2v) is 6.99. The zero-order valence-electron chi connectivity index (χ0n) is 11.0. The lowest BCUT2D eigenvalue weighted by molar-refractivity contribution is 0.309. The molecule has 0 spiro atoms. The summed E-state index contributed by atoms with van der Waals surface area (Å²) in [5, 5.41) is 14.3. The zero-order valence-corrected chi connectivity index (χ0v) is 13.4. The van der Waals surface area contributed by atoms with Crippen LogP contribution in [-0.4, -0.2) is 22.3 Å². The second-order valence-electron chi connectivity index (χ2n) is 4.85. The molecule has 102 valence electrons. The van der Waals surface area contributed by atoms with Gasteiger partial charge in [-0.25, -0.2) is 4.98 Å². The van der Waals surface area contributed by atoms with Crippen LogP contribution < -0.4 is 5.32 Å². The molecule has 1 aromatic rings. The van der Waals surface area contributed by atoms with Crippen molar-refractivity contribution in [1.29, 1.82) is 5.26 Å². The van der Waals surface area contributed by atoms with E-state index in [9.17, 15) is 5.26 Å². The van der Waals surface area contributed by atoms with Crippen LogP contribution in [0.1, 0.15) is 32.6 Å². The molecule has 0 saturated heterocycles. The van der Waals surface area contributed by atoms with Crippen LogP contribution in [-0.2, 0) is 0 Å². The number of rotatable bonds is 4. The van der Waals surface area contributed by atoms with Crippen LogP contribution in [0, 0.1) is 11.3 Å². The van der Waals surface area contributed by atoms with Gasteiger partial charge in [0, 0.05) is 15.9 Å². The van der Waals surface area contributed by atoms with Crippen molar-refractivity contribution in [1.82, 2.24) is 10.3 Å². The van der Waals surface area contributed by atoms with Gasteiger partial charge in [-0.05, 0) is 60.3 Å². The minimum atomic E-state index is -0.341. The van der Waals surface area contributed by atoms with Gasteiger partial charge < -0.3 is 0 Å². The van der Waals surface area contributed by atoms with E-state index >= 15 is 0 Å². The van der Waals surface area contributed by atoms with Crippen molar-refractivity contribution >= 4 is 27.7 Å². The molecular weight excluding hydrogens is 322 g/mol. The minimum Gasteiger partial charge on any atom is -0.300 e. The molecule has 1 aromatic heterocycles. The molecule has 19 heavy (non-hydrogen) atoms. The third kappa shape index (κ3) is 3.71. The molecule has 1 saturated carbocycles. The lowest BCUT2D eigenvalue weighted by Gasteiger charge is -2.35. The standard InChI is InChI=1S/C14H18BrN3S/c1-2-18-14(10-16)7-3-5-11(9-14)19-13-12(15)6-4-8-17-13/h4,6,8,11,18H,2-3,5,7,9H2,1H3. The fourth-order valence-electron chi connectivity index (χ4n) is 2.58. The van der Waals surface area contributed by atoms with Gasteiger partial charge in [-0.15, -0.1) is 11.8 Å². The molecule has 0 amide bonds. The Hall–Kier alpha value is -0.570. The average molecular weight is 340 g/mol. The summed E-state index contributed by atoms with van der Waals surface area (Å²) in [5.41, 5.74) is -0.341. The van der Waals surface area contributed by atoms with E-state index in [0.29, 0.717) is 5.25 Å². The minimum absolute atomic E-state index is 0.341. The van der Waals surface area contributed by atoms with Crippen molar-refractivity contribution in [3.63, 3.8) is 0 Å². The summed E-state index contributed by atoms with van der Waals surface area (Å²) in [4.78, 5) is 4.40. The summed E-state index contributed by atoms with van der Waals surface area (Å²) < 4.78 is 1.04.